The molecule has 20 heavy (non-hydrogen) atoms. The van der Waals surface area contributed by atoms with Gasteiger partial charge in [-0.05, 0) is 25.0 Å². The van der Waals surface area contributed by atoms with Crippen molar-refractivity contribution in [3.63, 3.8) is 0 Å². The maximum atomic E-state index is 12.7. The van der Waals surface area contributed by atoms with Crippen LogP contribution in [0.3, 0.4) is 0 Å². The largest absolute Gasteiger partial charge is 0.423 e. The maximum Gasteiger partial charge on any atom is 0.423 e. The van der Waals surface area contributed by atoms with E-state index in [9.17, 15) is 23.3 Å². The molecule has 0 amide bonds. The average molecular weight is 289 g/mol. The maximum absolute atomic E-state index is 12.7. The molecule has 0 unspecified atom stereocenters. The Morgan fingerprint density at radius 2 is 2.00 bits per heavy atom. The zero-order valence-electron chi connectivity index (χ0n) is 10.5. The Kier molecular flexibility index (Phi) is 4.12. The van der Waals surface area contributed by atoms with Gasteiger partial charge in [-0.15, -0.1) is 0 Å². The number of rotatable bonds is 6. The summed E-state index contributed by atoms with van der Waals surface area (Å²) in [5.41, 5.74) is -1.94. The Morgan fingerprint density at radius 1 is 1.30 bits per heavy atom. The molecule has 8 heteroatoms. The van der Waals surface area contributed by atoms with Crippen molar-refractivity contribution in [2.45, 2.75) is 25.1 Å². The van der Waals surface area contributed by atoms with E-state index in [1.807, 2.05) is 0 Å². The van der Waals surface area contributed by atoms with Crippen molar-refractivity contribution in [2.24, 2.45) is 0 Å². The van der Waals surface area contributed by atoms with Gasteiger partial charge in [0.2, 0.25) is 0 Å². The van der Waals surface area contributed by atoms with Crippen molar-refractivity contribution >= 4 is 11.4 Å². The summed E-state index contributed by atoms with van der Waals surface area (Å²) in [6, 6.07) is 3.46. The SMILES string of the molecule is O=[N+]([O-])c1ccc(NCCNC2CC2)cc1C(F)(F)F. The molecule has 0 bridgehead atoms. The van der Waals surface area contributed by atoms with Gasteiger partial charge < -0.3 is 10.6 Å². The lowest BCUT2D eigenvalue weighted by molar-refractivity contribution is -0.388. The Balaban J connectivity index is 2.03. The van der Waals surface area contributed by atoms with Crippen LogP contribution in [0.15, 0.2) is 18.2 Å². The summed E-state index contributed by atoms with van der Waals surface area (Å²) in [7, 11) is 0. The number of nitrogens with zero attached hydrogens (tertiary/aromatic N) is 1. The van der Waals surface area contributed by atoms with Crippen LogP contribution < -0.4 is 10.6 Å². The molecule has 2 N–H and O–H groups in total. The molecule has 1 aliphatic rings. The number of nitro groups is 1. The van der Waals surface area contributed by atoms with Crippen molar-refractivity contribution in [1.29, 1.82) is 0 Å². The van der Waals surface area contributed by atoms with E-state index in [0.717, 1.165) is 25.0 Å². The van der Waals surface area contributed by atoms with Crippen molar-refractivity contribution in [3.05, 3.63) is 33.9 Å². The van der Waals surface area contributed by atoms with Gasteiger partial charge in [0.1, 0.15) is 5.56 Å². The monoisotopic (exact) mass is 289 g/mol. The lowest BCUT2D eigenvalue weighted by atomic mass is 10.1. The van der Waals surface area contributed by atoms with E-state index in [0.29, 0.717) is 19.1 Å². The Hall–Kier alpha value is -1.83. The summed E-state index contributed by atoms with van der Waals surface area (Å²) in [6.45, 7) is 1.11. The third-order valence-electron chi connectivity index (χ3n) is 2.96. The Bertz CT molecular complexity index is 501. The van der Waals surface area contributed by atoms with E-state index in [1.54, 1.807) is 0 Å². The highest BCUT2D eigenvalue weighted by molar-refractivity contribution is 5.55. The van der Waals surface area contributed by atoms with Gasteiger partial charge >= 0.3 is 6.18 Å². The quantitative estimate of drug-likeness (QED) is 0.480. The van der Waals surface area contributed by atoms with Crippen LogP contribution in [0.5, 0.6) is 0 Å². The fourth-order valence-electron chi connectivity index (χ4n) is 1.80. The predicted molar refractivity (Wildman–Crippen MR) is 67.6 cm³/mol. The van der Waals surface area contributed by atoms with E-state index in [1.165, 1.54) is 6.07 Å². The van der Waals surface area contributed by atoms with E-state index >= 15 is 0 Å². The minimum Gasteiger partial charge on any atom is -0.384 e. The second kappa shape index (κ2) is 5.66. The van der Waals surface area contributed by atoms with Crippen LogP contribution in [0.25, 0.3) is 0 Å². The molecule has 1 fully saturated rings. The molecule has 110 valence electrons. The zero-order chi connectivity index (χ0) is 14.8. The molecule has 1 aromatic rings. The molecule has 5 nitrogen and oxygen atoms in total. The van der Waals surface area contributed by atoms with Crippen LogP contribution in [0, 0.1) is 10.1 Å². The molecule has 0 spiro atoms. The summed E-state index contributed by atoms with van der Waals surface area (Å²) < 4.78 is 38.2. The van der Waals surface area contributed by atoms with Gasteiger partial charge in [-0.25, -0.2) is 0 Å². The zero-order valence-corrected chi connectivity index (χ0v) is 10.5. The van der Waals surface area contributed by atoms with Gasteiger partial charge in [-0.3, -0.25) is 10.1 Å². The normalized spacial score (nSPS) is 15.2. The summed E-state index contributed by atoms with van der Waals surface area (Å²) in [5.74, 6) is 0. The van der Waals surface area contributed by atoms with Crippen molar-refractivity contribution in [2.75, 3.05) is 18.4 Å². The van der Waals surface area contributed by atoms with E-state index in [2.05, 4.69) is 10.6 Å². The first-order valence-electron chi connectivity index (χ1n) is 6.21. The summed E-state index contributed by atoms with van der Waals surface area (Å²) >= 11 is 0. The van der Waals surface area contributed by atoms with Gasteiger partial charge in [0.05, 0.1) is 4.92 Å². The molecule has 1 aromatic carbocycles. The summed E-state index contributed by atoms with van der Waals surface area (Å²) in [4.78, 5) is 9.57. The van der Waals surface area contributed by atoms with Crippen molar-refractivity contribution in [1.82, 2.24) is 5.32 Å². The third-order valence-corrected chi connectivity index (χ3v) is 2.96. The van der Waals surface area contributed by atoms with E-state index < -0.39 is 22.4 Å². The second-order valence-electron chi connectivity index (χ2n) is 4.64. The number of alkyl halides is 3. The van der Waals surface area contributed by atoms with E-state index in [-0.39, 0.29) is 5.69 Å². The summed E-state index contributed by atoms with van der Waals surface area (Å²) in [5, 5.41) is 16.6. The molecule has 0 saturated heterocycles. The molecule has 0 heterocycles. The molecular formula is C12H14F3N3O2. The van der Waals surface area contributed by atoms with Gasteiger partial charge in [0.25, 0.3) is 5.69 Å². The topological polar surface area (TPSA) is 67.2 Å². The fraction of sp³-hybridized carbons (Fsp3) is 0.500. The fourth-order valence-corrected chi connectivity index (χ4v) is 1.80. The molecule has 0 aliphatic heterocycles. The first-order valence-corrected chi connectivity index (χ1v) is 6.21. The molecule has 0 radical (unpaired) electrons. The first-order chi connectivity index (χ1) is 9.38. The van der Waals surface area contributed by atoms with Gasteiger partial charge in [-0.2, -0.15) is 13.2 Å². The molecule has 1 aliphatic carbocycles. The molecule has 2 rings (SSSR count). The highest BCUT2D eigenvalue weighted by Crippen LogP contribution is 2.37. The number of hydrogen-bond donors (Lipinski definition) is 2. The lowest BCUT2D eigenvalue weighted by Gasteiger charge is -2.11. The van der Waals surface area contributed by atoms with Crippen molar-refractivity contribution in [3.8, 4) is 0 Å². The molecule has 0 aromatic heterocycles. The Labute approximate surface area is 113 Å². The van der Waals surface area contributed by atoms with Gasteiger partial charge in [-0.1, -0.05) is 0 Å². The van der Waals surface area contributed by atoms with Crippen molar-refractivity contribution < 1.29 is 18.1 Å². The minimum atomic E-state index is -4.74. The van der Waals surface area contributed by atoms with Gasteiger partial charge in [0.15, 0.2) is 0 Å². The summed E-state index contributed by atoms with van der Waals surface area (Å²) in [6.07, 6.45) is -2.47. The number of nitro benzene ring substituents is 1. The third kappa shape index (κ3) is 3.83. The average Bonchev–Trinajstić information content (AvgIpc) is 3.17. The standard InChI is InChI=1S/C12H14F3N3O2/c13-12(14,15)10-7-9(3-4-11(10)18(19)20)17-6-5-16-8-1-2-8/h3-4,7-8,16-17H,1-2,5-6H2. The molecular weight excluding hydrogens is 275 g/mol. The first kappa shape index (κ1) is 14.6. The van der Waals surface area contributed by atoms with Crippen LogP contribution in [0.1, 0.15) is 18.4 Å². The second-order valence-corrected chi connectivity index (χ2v) is 4.64. The highest BCUT2D eigenvalue weighted by atomic mass is 19.4. The smallest absolute Gasteiger partial charge is 0.384 e. The van der Waals surface area contributed by atoms with Crippen LogP contribution in [0.4, 0.5) is 24.5 Å². The number of anilines is 1. The number of halogens is 3. The minimum absolute atomic E-state index is 0.223. The van der Waals surface area contributed by atoms with E-state index in [4.69, 9.17) is 0 Å². The van der Waals surface area contributed by atoms with Crippen LogP contribution in [-0.2, 0) is 6.18 Å². The van der Waals surface area contributed by atoms with Crippen LogP contribution >= 0.6 is 0 Å². The Morgan fingerprint density at radius 3 is 2.55 bits per heavy atom. The molecule has 1 saturated carbocycles. The molecule has 0 atom stereocenters. The van der Waals surface area contributed by atoms with Crippen LogP contribution in [-0.4, -0.2) is 24.1 Å². The number of nitrogens with one attached hydrogen (secondary N) is 2. The highest BCUT2D eigenvalue weighted by Gasteiger charge is 2.38. The predicted octanol–water partition coefficient (Wildman–Crippen LogP) is 2.78. The number of benzene rings is 1. The van der Waals surface area contributed by atoms with Crippen LogP contribution in [0.2, 0.25) is 0 Å². The van der Waals surface area contributed by atoms with Gasteiger partial charge in [0, 0.05) is 30.9 Å². The number of hydrogen-bond acceptors (Lipinski definition) is 4. The lowest BCUT2D eigenvalue weighted by Crippen LogP contribution is -2.24.